The maximum atomic E-state index is 13.1. The average molecular weight is 882 g/mol. The summed E-state index contributed by atoms with van der Waals surface area (Å²) >= 11 is 0. The van der Waals surface area contributed by atoms with Gasteiger partial charge in [-0.05, 0) is 65.0 Å². The summed E-state index contributed by atoms with van der Waals surface area (Å²) < 4.78 is 16.4. The van der Waals surface area contributed by atoms with Crippen LogP contribution in [0.1, 0.15) is 86.1 Å². The predicted octanol–water partition coefficient (Wildman–Crippen LogP) is 3.35. The van der Waals surface area contributed by atoms with Crippen molar-refractivity contribution in [1.29, 1.82) is 0 Å². The van der Waals surface area contributed by atoms with Crippen LogP contribution in [0.4, 0.5) is 0 Å². The summed E-state index contributed by atoms with van der Waals surface area (Å²) in [6.07, 6.45) is 6.33. The molecule has 16 heteroatoms. The molecular formula is C46H87N7O9. The van der Waals surface area contributed by atoms with Crippen LogP contribution in [0.25, 0.3) is 0 Å². The molecule has 0 radical (unpaired) electrons. The van der Waals surface area contributed by atoms with Gasteiger partial charge in [0.05, 0.1) is 56.6 Å². The number of carbonyl (C=O) groups is 5. The third-order valence-corrected chi connectivity index (χ3v) is 10.8. The molecule has 0 spiro atoms. The summed E-state index contributed by atoms with van der Waals surface area (Å²) in [5.74, 6) is 4.82. The van der Waals surface area contributed by atoms with Gasteiger partial charge in [-0.2, -0.15) is 0 Å². The van der Waals surface area contributed by atoms with Crippen molar-refractivity contribution in [3.63, 3.8) is 0 Å². The number of carbonyl (C=O) groups excluding carboxylic acids is 5. The molecule has 62 heavy (non-hydrogen) atoms. The van der Waals surface area contributed by atoms with Crippen molar-refractivity contribution in [3.8, 4) is 0 Å². The van der Waals surface area contributed by atoms with Gasteiger partial charge >= 0.3 is 0 Å². The number of nitrogens with one attached hydrogen (secondary N) is 3. The summed E-state index contributed by atoms with van der Waals surface area (Å²) in [4.78, 5) is 69.3. The number of nitrogens with zero attached hydrogens (tertiary/aromatic N) is 3. The number of hydrogen-bond donors (Lipinski definition) is 4. The van der Waals surface area contributed by atoms with Crippen LogP contribution in [0.2, 0.25) is 0 Å². The van der Waals surface area contributed by atoms with Crippen LogP contribution < -0.4 is 21.8 Å². The molecular weight excluding hydrogens is 795 g/mol. The number of likely N-dealkylation sites (tertiary alicyclic amines) is 1. The highest BCUT2D eigenvalue weighted by Crippen LogP contribution is 2.25. The van der Waals surface area contributed by atoms with Crippen molar-refractivity contribution >= 4 is 30.3 Å². The van der Waals surface area contributed by atoms with Gasteiger partial charge in [-0.15, -0.1) is 0 Å². The normalized spacial score (nSPS) is 17.0. The number of likely N-dealkylation sites (N-methyl/N-ethyl adjacent to an activating group) is 4. The Kier molecular flexibility index (Phi) is 36.3. The Hall–Kier alpha value is -3.35. The van der Waals surface area contributed by atoms with E-state index >= 15 is 0 Å². The number of methoxy groups -OCH3 is 2. The van der Waals surface area contributed by atoms with Gasteiger partial charge in [0.1, 0.15) is 18.6 Å². The number of benzene rings is 1. The van der Waals surface area contributed by atoms with Crippen LogP contribution in [0, 0.1) is 17.8 Å². The summed E-state index contributed by atoms with van der Waals surface area (Å²) in [6, 6.07) is 9.13. The second kappa shape index (κ2) is 37.1. The fraction of sp³-hybridized carbons (Fsp3) is 0.761. The molecule has 0 bridgehead atoms. The highest BCUT2D eigenvalue weighted by Gasteiger charge is 2.37. The van der Waals surface area contributed by atoms with Crippen LogP contribution in [-0.2, 0) is 49.4 Å². The van der Waals surface area contributed by atoms with Crippen molar-refractivity contribution in [2.24, 2.45) is 23.7 Å². The molecule has 8 atom stereocenters. The molecule has 8 unspecified atom stereocenters. The first-order chi connectivity index (χ1) is 29.5. The minimum absolute atomic E-state index is 0.00995. The lowest BCUT2D eigenvalue weighted by Gasteiger charge is -2.37. The minimum Gasteiger partial charge on any atom is -0.379 e. The Bertz CT molecular complexity index is 1300. The summed E-state index contributed by atoms with van der Waals surface area (Å²) in [7, 11) is 12.6. The first kappa shape index (κ1) is 60.7. The zero-order valence-electron chi connectivity index (χ0n) is 40.8. The number of rotatable bonds is 26. The minimum atomic E-state index is -0.696. The van der Waals surface area contributed by atoms with Crippen LogP contribution in [0.3, 0.4) is 0 Å². The smallest absolute Gasteiger partial charge is 0.243 e. The molecule has 1 aliphatic heterocycles. The lowest BCUT2D eigenvalue weighted by atomic mass is 9.91. The fourth-order valence-corrected chi connectivity index (χ4v) is 7.16. The SMILES string of the molecule is CC(C)C(C=O)N(C)C.CCC.CCC(C)C(C(CC=O)OC)N(C)C(=O)CNC.COC(C(C)C(=O)NC(Cc1ccccc1)C(=O)NCCOCCON)C1CCCN1C. The van der Waals surface area contributed by atoms with Crippen LogP contribution in [-0.4, -0.2) is 170 Å². The molecule has 1 aliphatic rings. The molecule has 360 valence electrons. The molecule has 1 aromatic rings. The molecule has 5 N–H and O–H groups in total. The van der Waals surface area contributed by atoms with E-state index in [1.807, 2.05) is 70.1 Å². The van der Waals surface area contributed by atoms with Gasteiger partial charge in [-0.3, -0.25) is 19.3 Å². The van der Waals surface area contributed by atoms with E-state index in [-0.39, 0.29) is 60.6 Å². The van der Waals surface area contributed by atoms with Gasteiger partial charge in [0.15, 0.2) is 0 Å². The van der Waals surface area contributed by atoms with Crippen LogP contribution in [0.5, 0.6) is 0 Å². The van der Waals surface area contributed by atoms with E-state index in [0.717, 1.165) is 43.9 Å². The van der Waals surface area contributed by atoms with Crippen molar-refractivity contribution in [2.75, 3.05) is 88.9 Å². The van der Waals surface area contributed by atoms with Crippen LogP contribution >= 0.6 is 0 Å². The molecule has 1 aromatic carbocycles. The van der Waals surface area contributed by atoms with Crippen molar-refractivity contribution < 1.29 is 43.0 Å². The van der Waals surface area contributed by atoms with Crippen molar-refractivity contribution in [1.82, 2.24) is 30.7 Å². The lowest BCUT2D eigenvalue weighted by molar-refractivity contribution is -0.136. The zero-order valence-corrected chi connectivity index (χ0v) is 40.8. The fourth-order valence-electron chi connectivity index (χ4n) is 7.16. The summed E-state index contributed by atoms with van der Waals surface area (Å²) in [6.45, 7) is 16.9. The standard InChI is InChI=1S/C23H38N4O5.C13H26N2O3.C7H15NO.C3H8/c1-17(21(30-3)20-10-7-12-27(20)2)22(28)26-19(16-18-8-5-4-6-9-18)23(29)25-11-13-31-14-15-32-24;1-6-10(2)13(11(18-5)7-8-16)15(4)12(17)9-14-3;1-6(2)7(5-9)8(3)4;1-3-2/h4-6,8-9,17,19-21H,7,10-16,24H2,1-3H3,(H,25,29)(H,26,28);8,10-11,13-14H,6-7,9H2,1-5H3;5-7H,1-4H3;3H2,1-2H3. The second-order valence-electron chi connectivity index (χ2n) is 16.3. The zero-order chi connectivity index (χ0) is 47.6. The Morgan fingerprint density at radius 3 is 2.02 bits per heavy atom. The molecule has 0 aromatic heterocycles. The largest absolute Gasteiger partial charge is 0.379 e. The van der Waals surface area contributed by atoms with E-state index in [0.29, 0.717) is 45.1 Å². The molecule has 1 fully saturated rings. The maximum Gasteiger partial charge on any atom is 0.243 e. The molecule has 0 aliphatic carbocycles. The van der Waals surface area contributed by atoms with Crippen LogP contribution in [0.15, 0.2) is 30.3 Å². The molecule has 16 nitrogen and oxygen atoms in total. The van der Waals surface area contributed by atoms with Gasteiger partial charge in [0.25, 0.3) is 0 Å². The predicted molar refractivity (Wildman–Crippen MR) is 247 cm³/mol. The Labute approximate surface area is 375 Å². The Morgan fingerprint density at radius 1 is 0.952 bits per heavy atom. The molecule has 1 saturated heterocycles. The van der Waals surface area contributed by atoms with Gasteiger partial charge in [0, 0.05) is 46.7 Å². The van der Waals surface area contributed by atoms with E-state index < -0.39 is 12.0 Å². The first-order valence-corrected chi connectivity index (χ1v) is 22.2. The second-order valence-corrected chi connectivity index (χ2v) is 16.3. The number of hydrogen-bond acceptors (Lipinski definition) is 13. The van der Waals surface area contributed by atoms with Gasteiger partial charge in [0.2, 0.25) is 17.7 Å². The molecule has 3 amide bonds. The topological polar surface area (TPSA) is 194 Å². The summed E-state index contributed by atoms with van der Waals surface area (Å²) in [5.41, 5.74) is 0.968. The van der Waals surface area contributed by atoms with E-state index in [1.54, 1.807) is 33.2 Å². The third-order valence-electron chi connectivity index (χ3n) is 10.8. The van der Waals surface area contributed by atoms with Gasteiger partial charge in [-0.25, -0.2) is 5.90 Å². The number of aldehydes is 2. The molecule has 1 heterocycles. The highest BCUT2D eigenvalue weighted by molar-refractivity contribution is 5.89. The van der Waals surface area contributed by atoms with Crippen molar-refractivity contribution in [2.45, 2.75) is 123 Å². The monoisotopic (exact) mass is 882 g/mol. The van der Waals surface area contributed by atoms with Crippen molar-refractivity contribution in [3.05, 3.63) is 35.9 Å². The molecule has 2 rings (SSSR count). The Morgan fingerprint density at radius 2 is 1.58 bits per heavy atom. The number of ether oxygens (including phenoxy) is 3. The quantitative estimate of drug-likeness (QED) is 0.0602. The third kappa shape index (κ3) is 24.5. The summed E-state index contributed by atoms with van der Waals surface area (Å²) in [5, 5.41) is 8.64. The Balaban J connectivity index is 0. The van der Waals surface area contributed by atoms with Gasteiger partial charge in [-0.1, -0.05) is 91.6 Å². The van der Waals surface area contributed by atoms with E-state index in [9.17, 15) is 24.0 Å². The molecule has 0 saturated carbocycles. The van der Waals surface area contributed by atoms with Gasteiger partial charge < -0.3 is 54.4 Å². The van der Waals surface area contributed by atoms with E-state index in [4.69, 9.17) is 20.1 Å². The highest BCUT2D eigenvalue weighted by atomic mass is 16.6. The van der Waals surface area contributed by atoms with E-state index in [1.165, 1.54) is 6.42 Å². The average Bonchev–Trinajstić information content (AvgIpc) is 3.67. The maximum absolute atomic E-state index is 13.1. The number of amides is 3. The van der Waals surface area contributed by atoms with E-state index in [2.05, 4.69) is 60.4 Å². The first-order valence-electron chi connectivity index (χ1n) is 22.2. The lowest BCUT2D eigenvalue weighted by Crippen LogP contribution is -2.53. The number of nitrogens with two attached hydrogens (primary N) is 1.